The van der Waals surface area contributed by atoms with Crippen molar-refractivity contribution in [2.75, 3.05) is 10.6 Å². The first-order valence-electron chi connectivity index (χ1n) is 10.4. The van der Waals surface area contributed by atoms with E-state index in [9.17, 15) is 19.5 Å². The van der Waals surface area contributed by atoms with Crippen molar-refractivity contribution in [3.05, 3.63) is 69.7 Å². The molecule has 0 saturated carbocycles. The molecule has 0 aromatic heterocycles. The summed E-state index contributed by atoms with van der Waals surface area (Å²) < 4.78 is 5.22. The van der Waals surface area contributed by atoms with Crippen molar-refractivity contribution in [3.63, 3.8) is 0 Å². The second-order valence-corrected chi connectivity index (χ2v) is 9.54. The van der Waals surface area contributed by atoms with Crippen molar-refractivity contribution in [1.29, 1.82) is 0 Å². The van der Waals surface area contributed by atoms with E-state index in [-0.39, 0.29) is 6.42 Å². The van der Waals surface area contributed by atoms with Crippen LogP contribution in [0.1, 0.15) is 38.3 Å². The zero-order chi connectivity index (χ0) is 25.0. The monoisotopic (exact) mass is 502 g/mol. The number of benzene rings is 2. The average molecular weight is 503 g/mol. The van der Waals surface area contributed by atoms with Crippen LogP contribution in [0, 0.1) is 0 Å². The first kappa shape index (κ1) is 25.3. The normalized spacial score (nSPS) is 16.6. The van der Waals surface area contributed by atoms with Crippen molar-refractivity contribution in [2.45, 2.75) is 38.8 Å². The lowest BCUT2D eigenvalue weighted by Gasteiger charge is -2.27. The molecule has 1 unspecified atom stereocenters. The summed E-state index contributed by atoms with van der Waals surface area (Å²) in [6.07, 6.45) is 4.37. The summed E-state index contributed by atoms with van der Waals surface area (Å²) in [4.78, 5) is 36.0. The Hall–Kier alpha value is -3.29. The summed E-state index contributed by atoms with van der Waals surface area (Å²) in [5.74, 6) is -1.93. The van der Waals surface area contributed by atoms with Crippen molar-refractivity contribution >= 4 is 64.1 Å². The molecule has 178 valence electrons. The van der Waals surface area contributed by atoms with Gasteiger partial charge in [-0.25, -0.2) is 9.59 Å². The molecule has 1 aliphatic rings. The van der Waals surface area contributed by atoms with Crippen LogP contribution in [0.5, 0.6) is 0 Å². The van der Waals surface area contributed by atoms with Gasteiger partial charge in [0, 0.05) is 40.5 Å². The molecule has 9 heteroatoms. The number of carbonyl (C=O) groups is 3. The van der Waals surface area contributed by atoms with Gasteiger partial charge in [-0.3, -0.25) is 4.79 Å². The molecular weight excluding hydrogens is 479 g/mol. The fourth-order valence-corrected chi connectivity index (χ4v) is 3.98. The Bertz CT molecular complexity index is 1180. The van der Waals surface area contributed by atoms with Crippen molar-refractivity contribution in [1.82, 2.24) is 0 Å². The number of fused-ring (bicyclic) bond motifs is 1. The van der Waals surface area contributed by atoms with Crippen molar-refractivity contribution in [2.24, 2.45) is 0 Å². The maximum atomic E-state index is 12.7. The lowest BCUT2D eigenvalue weighted by molar-refractivity contribution is -0.148. The van der Waals surface area contributed by atoms with Gasteiger partial charge in [-0.05, 0) is 62.2 Å². The number of rotatable bonds is 5. The highest BCUT2D eigenvalue weighted by Crippen LogP contribution is 2.40. The van der Waals surface area contributed by atoms with Gasteiger partial charge >= 0.3 is 11.9 Å². The van der Waals surface area contributed by atoms with Crippen LogP contribution >= 0.6 is 23.2 Å². The summed E-state index contributed by atoms with van der Waals surface area (Å²) >= 11 is 12.4. The van der Waals surface area contributed by atoms with E-state index in [0.29, 0.717) is 32.6 Å². The lowest BCUT2D eigenvalue weighted by Crippen LogP contribution is -2.33. The minimum atomic E-state index is -1.05. The van der Waals surface area contributed by atoms with Crippen LogP contribution in [0.2, 0.25) is 10.0 Å². The summed E-state index contributed by atoms with van der Waals surface area (Å²) in [5, 5.41) is 15.8. The number of hydrogen-bond donors (Lipinski definition) is 3. The molecule has 2 aromatic rings. The van der Waals surface area contributed by atoms with Crippen LogP contribution in [-0.2, 0) is 19.1 Å². The zero-order valence-electron chi connectivity index (χ0n) is 18.8. The molecule has 0 aliphatic carbocycles. The van der Waals surface area contributed by atoms with E-state index in [0.717, 1.165) is 5.56 Å². The smallest absolute Gasteiger partial charge is 0.331 e. The molecule has 0 spiro atoms. The van der Waals surface area contributed by atoms with Gasteiger partial charge in [0.25, 0.3) is 0 Å². The number of nitrogens with one attached hydrogen (secondary N) is 2. The highest BCUT2D eigenvalue weighted by Gasteiger charge is 2.29. The van der Waals surface area contributed by atoms with Gasteiger partial charge in [-0.15, -0.1) is 0 Å². The molecule has 3 rings (SSSR count). The van der Waals surface area contributed by atoms with Gasteiger partial charge in [-0.1, -0.05) is 35.3 Å². The Morgan fingerprint density at radius 1 is 1.15 bits per heavy atom. The first-order chi connectivity index (χ1) is 15.9. The summed E-state index contributed by atoms with van der Waals surface area (Å²) in [6, 6.07) is 9.05. The van der Waals surface area contributed by atoms with Crippen LogP contribution in [-0.4, -0.2) is 34.6 Å². The Labute approximate surface area is 207 Å². The van der Waals surface area contributed by atoms with Gasteiger partial charge in [0.2, 0.25) is 5.91 Å². The summed E-state index contributed by atoms with van der Waals surface area (Å²) in [5.41, 5.74) is 2.19. The molecule has 7 nitrogen and oxygen atoms in total. The van der Waals surface area contributed by atoms with Crippen molar-refractivity contribution < 1.29 is 24.2 Å². The second-order valence-electron chi connectivity index (χ2n) is 8.70. The van der Waals surface area contributed by atoms with Crippen LogP contribution < -0.4 is 10.6 Å². The summed E-state index contributed by atoms with van der Waals surface area (Å²) in [7, 11) is 0. The minimum Gasteiger partial charge on any atom is -0.480 e. The van der Waals surface area contributed by atoms with E-state index in [1.54, 1.807) is 63.2 Å². The number of hydrogen-bond acceptors (Lipinski definition) is 5. The average Bonchev–Trinajstić information content (AvgIpc) is 2.71. The molecular formula is C25H24Cl2N2O5. The Kier molecular flexibility index (Phi) is 7.69. The van der Waals surface area contributed by atoms with E-state index in [4.69, 9.17) is 27.9 Å². The number of anilines is 2. The maximum absolute atomic E-state index is 12.7. The third-order valence-corrected chi connectivity index (χ3v) is 5.25. The molecule has 0 bridgehead atoms. The van der Waals surface area contributed by atoms with Gasteiger partial charge in [-0.2, -0.15) is 0 Å². The molecule has 1 aliphatic heterocycles. The number of amides is 1. The standard InChI is InChI=1S/C25H24Cl2N2O5/c1-25(2,3)34-22(31)9-6-14-4-7-17(8-5-14)28-21(30)11-15-10-20(24(32)33)29-19-13-16(26)12-18(27)23(15)19/h4-9,11-13,20,29H,10H2,1-3H3,(H,28,30)(H,32,33). The second kappa shape index (κ2) is 10.3. The maximum Gasteiger partial charge on any atom is 0.331 e. The quantitative estimate of drug-likeness (QED) is 0.361. The topological polar surface area (TPSA) is 105 Å². The molecule has 1 amide bonds. The number of halogens is 2. The third-order valence-electron chi connectivity index (χ3n) is 4.73. The number of carboxylic acids is 1. The lowest BCUT2D eigenvalue weighted by atomic mass is 9.92. The highest BCUT2D eigenvalue weighted by atomic mass is 35.5. The van der Waals surface area contributed by atoms with E-state index in [2.05, 4.69) is 10.6 Å². The van der Waals surface area contributed by atoms with E-state index < -0.39 is 29.5 Å². The number of esters is 1. The largest absolute Gasteiger partial charge is 0.480 e. The van der Waals surface area contributed by atoms with Crippen LogP contribution in [0.25, 0.3) is 11.6 Å². The molecule has 0 fully saturated rings. The number of ether oxygens (including phenoxy) is 1. The Morgan fingerprint density at radius 3 is 2.44 bits per heavy atom. The number of aliphatic carboxylic acids is 1. The van der Waals surface area contributed by atoms with Crippen LogP contribution in [0.4, 0.5) is 11.4 Å². The summed E-state index contributed by atoms with van der Waals surface area (Å²) in [6.45, 7) is 5.37. The molecule has 3 N–H and O–H groups in total. The molecule has 0 radical (unpaired) electrons. The number of carboxylic acid groups (broad SMARTS) is 1. The fraction of sp³-hybridized carbons (Fsp3) is 0.240. The van der Waals surface area contributed by atoms with E-state index >= 15 is 0 Å². The van der Waals surface area contributed by atoms with Gasteiger partial charge in [0.05, 0.1) is 5.02 Å². The van der Waals surface area contributed by atoms with Crippen LogP contribution in [0.15, 0.2) is 48.6 Å². The molecule has 1 atom stereocenters. The predicted octanol–water partition coefficient (Wildman–Crippen LogP) is 5.64. The van der Waals surface area contributed by atoms with E-state index in [1.165, 1.54) is 12.2 Å². The third kappa shape index (κ3) is 6.85. The molecule has 0 saturated heterocycles. The fourth-order valence-electron chi connectivity index (χ4n) is 3.37. The zero-order valence-corrected chi connectivity index (χ0v) is 20.3. The molecule has 1 heterocycles. The van der Waals surface area contributed by atoms with Gasteiger partial charge < -0.3 is 20.5 Å². The highest BCUT2D eigenvalue weighted by molar-refractivity contribution is 6.36. The predicted molar refractivity (Wildman–Crippen MR) is 134 cm³/mol. The van der Waals surface area contributed by atoms with Gasteiger partial charge in [0.1, 0.15) is 11.6 Å². The van der Waals surface area contributed by atoms with Crippen molar-refractivity contribution in [3.8, 4) is 0 Å². The SMILES string of the molecule is CC(C)(C)OC(=O)C=Cc1ccc(NC(=O)C=C2CC(C(=O)O)Nc3cc(Cl)cc(Cl)c32)cc1. The minimum absolute atomic E-state index is 0.0749. The van der Waals surface area contributed by atoms with Gasteiger partial charge in [0.15, 0.2) is 0 Å². The Morgan fingerprint density at radius 2 is 1.82 bits per heavy atom. The van der Waals surface area contributed by atoms with Crippen LogP contribution in [0.3, 0.4) is 0 Å². The molecule has 2 aromatic carbocycles. The first-order valence-corrected chi connectivity index (χ1v) is 11.2. The number of carbonyl (C=O) groups excluding carboxylic acids is 2. The Balaban J connectivity index is 1.74. The molecule has 34 heavy (non-hydrogen) atoms. The van der Waals surface area contributed by atoms with E-state index in [1.807, 2.05) is 0 Å².